The van der Waals surface area contributed by atoms with E-state index in [2.05, 4.69) is 29.4 Å². The van der Waals surface area contributed by atoms with Crippen LogP contribution in [0.5, 0.6) is 0 Å². The van der Waals surface area contributed by atoms with E-state index < -0.39 is 10.0 Å². The second-order valence-electron chi connectivity index (χ2n) is 5.62. The molecule has 1 aromatic heterocycles. The Balaban J connectivity index is 2.14. The quantitative estimate of drug-likeness (QED) is 0.848. The van der Waals surface area contributed by atoms with Crippen molar-refractivity contribution in [3.8, 4) is 0 Å². The van der Waals surface area contributed by atoms with Crippen LogP contribution in [-0.2, 0) is 14.8 Å². The predicted octanol–water partition coefficient (Wildman–Crippen LogP) is 1.31. The van der Waals surface area contributed by atoms with Crippen LogP contribution < -0.4 is 5.32 Å². The van der Waals surface area contributed by atoms with Gasteiger partial charge in [0.1, 0.15) is 0 Å². The summed E-state index contributed by atoms with van der Waals surface area (Å²) in [6.45, 7) is 6.59. The molecular formula is C11H18N4O3S2. The average Bonchev–Trinajstić information content (AvgIpc) is 2.76. The lowest BCUT2D eigenvalue weighted by Crippen LogP contribution is -2.41. The lowest BCUT2D eigenvalue weighted by molar-refractivity contribution is -0.114. The van der Waals surface area contributed by atoms with Gasteiger partial charge in [-0.3, -0.25) is 4.79 Å². The molecule has 0 saturated carbocycles. The third kappa shape index (κ3) is 3.33. The van der Waals surface area contributed by atoms with Crippen molar-refractivity contribution in [1.29, 1.82) is 0 Å². The van der Waals surface area contributed by atoms with E-state index in [0.717, 1.165) is 24.2 Å². The molecule has 0 atom stereocenters. The molecule has 1 N–H and O–H groups in total. The van der Waals surface area contributed by atoms with Crippen LogP contribution in [0.15, 0.2) is 4.34 Å². The summed E-state index contributed by atoms with van der Waals surface area (Å²) in [5.41, 5.74) is 0.175. The SMILES string of the molecule is CC(=O)Nc1nnc(S(=O)(=O)N2CCC(C)(C)CC2)s1. The van der Waals surface area contributed by atoms with Gasteiger partial charge in [-0.2, -0.15) is 4.31 Å². The lowest BCUT2D eigenvalue weighted by atomic mass is 9.83. The Morgan fingerprint density at radius 3 is 2.45 bits per heavy atom. The van der Waals surface area contributed by atoms with E-state index in [-0.39, 0.29) is 20.8 Å². The van der Waals surface area contributed by atoms with Gasteiger partial charge in [0.05, 0.1) is 0 Å². The smallest absolute Gasteiger partial charge is 0.272 e. The van der Waals surface area contributed by atoms with Crippen molar-refractivity contribution in [2.45, 2.75) is 38.0 Å². The summed E-state index contributed by atoms with van der Waals surface area (Å²) in [5, 5.41) is 9.99. The minimum absolute atomic E-state index is 0.0686. The van der Waals surface area contributed by atoms with Gasteiger partial charge in [0.2, 0.25) is 15.4 Å². The third-order valence-corrected chi connectivity index (χ3v) is 6.41. The highest BCUT2D eigenvalue weighted by atomic mass is 32.2. The van der Waals surface area contributed by atoms with E-state index in [1.165, 1.54) is 11.2 Å². The maximum atomic E-state index is 12.4. The number of anilines is 1. The molecule has 1 aliphatic heterocycles. The molecule has 2 heterocycles. The first-order valence-corrected chi connectivity index (χ1v) is 8.58. The van der Waals surface area contributed by atoms with Crippen molar-refractivity contribution in [2.75, 3.05) is 18.4 Å². The number of hydrogen-bond donors (Lipinski definition) is 1. The van der Waals surface area contributed by atoms with Crippen LogP contribution in [0.25, 0.3) is 0 Å². The van der Waals surface area contributed by atoms with Crippen LogP contribution >= 0.6 is 11.3 Å². The van der Waals surface area contributed by atoms with E-state index in [1.54, 1.807) is 0 Å². The Morgan fingerprint density at radius 2 is 1.90 bits per heavy atom. The van der Waals surface area contributed by atoms with Crippen molar-refractivity contribution in [2.24, 2.45) is 5.41 Å². The Morgan fingerprint density at radius 1 is 1.30 bits per heavy atom. The number of rotatable bonds is 3. The molecule has 1 aromatic rings. The first-order chi connectivity index (χ1) is 9.21. The van der Waals surface area contributed by atoms with Gasteiger partial charge in [-0.25, -0.2) is 8.42 Å². The molecule has 1 amide bonds. The number of carbonyl (C=O) groups is 1. The Bertz CT molecular complexity index is 599. The van der Waals surface area contributed by atoms with E-state index in [9.17, 15) is 13.2 Å². The molecule has 0 aromatic carbocycles. The molecule has 1 aliphatic rings. The minimum Gasteiger partial charge on any atom is -0.301 e. The molecule has 9 heteroatoms. The molecule has 0 aliphatic carbocycles. The second-order valence-corrected chi connectivity index (χ2v) is 8.71. The fourth-order valence-electron chi connectivity index (χ4n) is 1.96. The molecule has 1 fully saturated rings. The van der Waals surface area contributed by atoms with Crippen molar-refractivity contribution in [1.82, 2.24) is 14.5 Å². The molecule has 2 rings (SSSR count). The van der Waals surface area contributed by atoms with Crippen molar-refractivity contribution < 1.29 is 13.2 Å². The fraction of sp³-hybridized carbons (Fsp3) is 0.727. The normalized spacial score (nSPS) is 19.8. The number of piperidine rings is 1. The Hall–Kier alpha value is -1.06. The van der Waals surface area contributed by atoms with Crippen LogP contribution in [0.2, 0.25) is 0 Å². The van der Waals surface area contributed by atoms with Gasteiger partial charge in [0, 0.05) is 20.0 Å². The van der Waals surface area contributed by atoms with Gasteiger partial charge in [0.15, 0.2) is 0 Å². The minimum atomic E-state index is -3.60. The number of nitrogens with zero attached hydrogens (tertiary/aromatic N) is 3. The van der Waals surface area contributed by atoms with Crippen LogP contribution in [0.3, 0.4) is 0 Å². The lowest BCUT2D eigenvalue weighted by Gasteiger charge is -2.35. The van der Waals surface area contributed by atoms with Crippen molar-refractivity contribution >= 4 is 32.4 Å². The van der Waals surface area contributed by atoms with Crippen LogP contribution in [0.4, 0.5) is 5.13 Å². The highest BCUT2D eigenvalue weighted by Gasteiger charge is 2.34. The molecule has 1 saturated heterocycles. The summed E-state index contributed by atoms with van der Waals surface area (Å²) in [4.78, 5) is 10.9. The molecule has 0 spiro atoms. The van der Waals surface area contributed by atoms with Crippen molar-refractivity contribution in [3.63, 3.8) is 0 Å². The zero-order valence-corrected chi connectivity index (χ0v) is 13.3. The number of sulfonamides is 1. The summed E-state index contributed by atoms with van der Waals surface area (Å²) < 4.78 is 26.2. The van der Waals surface area contributed by atoms with E-state index in [0.29, 0.717) is 13.1 Å². The van der Waals surface area contributed by atoms with Crippen LogP contribution in [0, 0.1) is 5.41 Å². The van der Waals surface area contributed by atoms with Crippen LogP contribution in [-0.4, -0.2) is 41.9 Å². The first kappa shape index (κ1) is 15.3. The van der Waals surface area contributed by atoms with E-state index in [4.69, 9.17) is 0 Å². The molecule has 112 valence electrons. The molecule has 0 unspecified atom stereocenters. The van der Waals surface area contributed by atoms with Crippen molar-refractivity contribution in [3.05, 3.63) is 0 Å². The van der Waals surface area contributed by atoms with Gasteiger partial charge in [-0.05, 0) is 18.3 Å². The van der Waals surface area contributed by atoms with E-state index in [1.807, 2.05) is 0 Å². The highest BCUT2D eigenvalue weighted by molar-refractivity contribution is 7.91. The number of hydrogen-bond acceptors (Lipinski definition) is 6. The number of amides is 1. The summed E-state index contributed by atoms with van der Waals surface area (Å²) in [5.74, 6) is -0.301. The van der Waals surface area contributed by atoms with Gasteiger partial charge in [-0.15, -0.1) is 10.2 Å². The average molecular weight is 318 g/mol. The topological polar surface area (TPSA) is 92.3 Å². The second kappa shape index (κ2) is 5.38. The zero-order valence-electron chi connectivity index (χ0n) is 11.7. The summed E-state index contributed by atoms with van der Waals surface area (Å²) in [7, 11) is -3.60. The van der Waals surface area contributed by atoms with Gasteiger partial charge >= 0.3 is 0 Å². The van der Waals surface area contributed by atoms with E-state index >= 15 is 0 Å². The third-order valence-electron chi connectivity index (χ3n) is 3.33. The standard InChI is InChI=1S/C11H18N4O3S2/c1-8(16)12-9-13-14-10(19-9)20(17,18)15-6-4-11(2,3)5-7-15/h4-7H2,1-3H3,(H,12,13,16). The molecule has 20 heavy (non-hydrogen) atoms. The largest absolute Gasteiger partial charge is 0.301 e. The van der Waals surface area contributed by atoms with Gasteiger partial charge in [-0.1, -0.05) is 25.2 Å². The molecular weight excluding hydrogens is 300 g/mol. The molecule has 7 nitrogen and oxygen atoms in total. The summed E-state index contributed by atoms with van der Waals surface area (Å²) in [6.07, 6.45) is 1.65. The predicted molar refractivity (Wildman–Crippen MR) is 76.0 cm³/mol. The van der Waals surface area contributed by atoms with Crippen LogP contribution in [0.1, 0.15) is 33.6 Å². The highest BCUT2D eigenvalue weighted by Crippen LogP contribution is 2.33. The summed E-state index contributed by atoms with van der Waals surface area (Å²) >= 11 is 0.878. The molecule has 0 bridgehead atoms. The van der Waals surface area contributed by atoms with Gasteiger partial charge < -0.3 is 5.32 Å². The summed E-state index contributed by atoms with van der Waals surface area (Å²) in [6, 6.07) is 0. The monoisotopic (exact) mass is 318 g/mol. The Kier molecular flexibility index (Phi) is 4.12. The number of nitrogens with one attached hydrogen (secondary N) is 1. The molecule has 0 radical (unpaired) electrons. The maximum absolute atomic E-state index is 12.4. The zero-order chi connectivity index (χ0) is 15.0. The maximum Gasteiger partial charge on any atom is 0.272 e. The number of aromatic nitrogens is 2. The first-order valence-electron chi connectivity index (χ1n) is 6.32. The van der Waals surface area contributed by atoms with Gasteiger partial charge in [0.25, 0.3) is 10.0 Å². The Labute approximate surface area is 122 Å². The fourth-order valence-corrected chi connectivity index (χ4v) is 4.48. The number of carbonyl (C=O) groups excluding carboxylic acids is 1.